The zero-order chi connectivity index (χ0) is 16.7. The Labute approximate surface area is 152 Å². The Bertz CT molecular complexity index is 759. The quantitative estimate of drug-likeness (QED) is 0.830. The molecule has 2 aliphatic heterocycles. The maximum atomic E-state index is 10.0. The average molecular weight is 361 g/mol. The summed E-state index contributed by atoms with van der Waals surface area (Å²) >= 11 is 8.03. The summed E-state index contributed by atoms with van der Waals surface area (Å²) in [5.74, 6) is 0.345. The molecule has 1 N–H and O–H groups in total. The van der Waals surface area contributed by atoms with Gasteiger partial charge in [-0.3, -0.25) is 4.90 Å². The van der Waals surface area contributed by atoms with E-state index in [9.17, 15) is 5.11 Å². The summed E-state index contributed by atoms with van der Waals surface area (Å²) in [7, 11) is 2.18. The van der Waals surface area contributed by atoms with Crippen LogP contribution in [0.4, 0.5) is 0 Å². The molecule has 0 radical (unpaired) electrons. The van der Waals surface area contributed by atoms with Gasteiger partial charge in [0.15, 0.2) is 0 Å². The minimum atomic E-state index is 0.285. The zero-order valence-electron chi connectivity index (χ0n) is 13.7. The molecule has 1 fully saturated rings. The van der Waals surface area contributed by atoms with Crippen molar-refractivity contribution in [2.45, 2.75) is 22.3 Å². The van der Waals surface area contributed by atoms with E-state index in [1.54, 1.807) is 17.8 Å². The van der Waals surface area contributed by atoms with E-state index in [-0.39, 0.29) is 6.04 Å². The van der Waals surface area contributed by atoms with E-state index < -0.39 is 0 Å². The van der Waals surface area contributed by atoms with Gasteiger partial charge in [-0.1, -0.05) is 23.4 Å². The minimum Gasteiger partial charge on any atom is -0.508 e. The van der Waals surface area contributed by atoms with E-state index in [1.165, 1.54) is 20.9 Å². The number of benzene rings is 2. The Morgan fingerprint density at radius 1 is 1.04 bits per heavy atom. The fraction of sp³-hybridized carbons (Fsp3) is 0.368. The number of phenolic OH excluding ortho intramolecular Hbond substituents is 1. The smallest absolute Gasteiger partial charge is 0.115 e. The van der Waals surface area contributed by atoms with Crippen molar-refractivity contribution < 1.29 is 5.11 Å². The van der Waals surface area contributed by atoms with Crippen molar-refractivity contribution in [1.29, 1.82) is 0 Å². The van der Waals surface area contributed by atoms with Crippen molar-refractivity contribution in [3.05, 3.63) is 52.5 Å². The third-order valence-electron chi connectivity index (χ3n) is 4.99. The number of fused-ring (bicyclic) bond motifs is 2. The monoisotopic (exact) mass is 360 g/mol. The molecule has 3 nitrogen and oxygen atoms in total. The Balaban J connectivity index is 1.77. The predicted octanol–water partition coefficient (Wildman–Crippen LogP) is 4.04. The molecule has 2 aromatic carbocycles. The number of nitrogens with zero attached hydrogens (tertiary/aromatic N) is 2. The van der Waals surface area contributed by atoms with Gasteiger partial charge in [0.1, 0.15) is 5.75 Å². The van der Waals surface area contributed by atoms with Gasteiger partial charge in [-0.15, -0.1) is 0 Å². The van der Waals surface area contributed by atoms with Gasteiger partial charge in [0.2, 0.25) is 0 Å². The number of hydrogen-bond donors (Lipinski definition) is 1. The van der Waals surface area contributed by atoms with Crippen molar-refractivity contribution >= 4 is 23.4 Å². The molecule has 0 bridgehead atoms. The van der Waals surface area contributed by atoms with Crippen molar-refractivity contribution in [2.24, 2.45) is 0 Å². The summed E-state index contributed by atoms with van der Waals surface area (Å²) in [5, 5.41) is 10.8. The topological polar surface area (TPSA) is 26.7 Å². The lowest BCUT2D eigenvalue weighted by molar-refractivity contribution is 0.109. The molecule has 5 heteroatoms. The maximum absolute atomic E-state index is 10.0. The van der Waals surface area contributed by atoms with Gasteiger partial charge in [-0.25, -0.2) is 0 Å². The van der Waals surface area contributed by atoms with E-state index >= 15 is 0 Å². The molecule has 1 unspecified atom stereocenters. The van der Waals surface area contributed by atoms with Crippen LogP contribution >= 0.6 is 23.4 Å². The molecular formula is C19H21ClN2OS. The van der Waals surface area contributed by atoms with Crippen LogP contribution in [0.1, 0.15) is 17.2 Å². The minimum absolute atomic E-state index is 0.285. The number of phenols is 1. The van der Waals surface area contributed by atoms with Crippen LogP contribution in [0.5, 0.6) is 5.75 Å². The molecule has 1 saturated heterocycles. The Morgan fingerprint density at radius 2 is 1.79 bits per heavy atom. The standard InChI is InChI=1S/C19H21ClN2OS/c1-21-6-8-22(9-7-21)17-11-13-10-14(20)2-4-18(13)24-19-5-3-15(23)12-16(17)19/h2-5,10,12,17,23H,6-9,11H2,1H3. The molecule has 2 heterocycles. The highest BCUT2D eigenvalue weighted by Gasteiger charge is 2.29. The molecular weight excluding hydrogens is 340 g/mol. The molecule has 2 aliphatic rings. The molecule has 0 aliphatic carbocycles. The summed E-state index contributed by atoms with van der Waals surface area (Å²) < 4.78 is 0. The lowest BCUT2D eigenvalue weighted by Gasteiger charge is -2.38. The van der Waals surface area contributed by atoms with E-state index in [4.69, 9.17) is 11.6 Å². The summed E-state index contributed by atoms with van der Waals surface area (Å²) in [6.45, 7) is 4.27. The molecule has 4 rings (SSSR count). The first kappa shape index (κ1) is 16.3. The maximum Gasteiger partial charge on any atom is 0.115 e. The van der Waals surface area contributed by atoms with Crippen LogP contribution in [-0.4, -0.2) is 48.1 Å². The van der Waals surface area contributed by atoms with Crippen molar-refractivity contribution in [1.82, 2.24) is 9.80 Å². The highest BCUT2D eigenvalue weighted by molar-refractivity contribution is 7.99. The fourth-order valence-electron chi connectivity index (χ4n) is 3.59. The van der Waals surface area contributed by atoms with Crippen LogP contribution < -0.4 is 0 Å². The summed E-state index contributed by atoms with van der Waals surface area (Å²) in [5.41, 5.74) is 2.53. The van der Waals surface area contributed by atoms with Gasteiger partial charge < -0.3 is 10.0 Å². The van der Waals surface area contributed by atoms with E-state index in [2.05, 4.69) is 29.0 Å². The normalized spacial score (nSPS) is 21.8. The van der Waals surface area contributed by atoms with Gasteiger partial charge in [0.25, 0.3) is 0 Å². The number of aromatic hydroxyl groups is 1. The van der Waals surface area contributed by atoms with Gasteiger partial charge in [-0.2, -0.15) is 0 Å². The predicted molar refractivity (Wildman–Crippen MR) is 99.2 cm³/mol. The van der Waals surface area contributed by atoms with Crippen LogP contribution in [0.15, 0.2) is 46.2 Å². The molecule has 24 heavy (non-hydrogen) atoms. The number of hydrogen-bond acceptors (Lipinski definition) is 4. The largest absolute Gasteiger partial charge is 0.508 e. The van der Waals surface area contributed by atoms with Crippen LogP contribution in [0.2, 0.25) is 5.02 Å². The SMILES string of the molecule is CN1CCN(C2Cc3cc(Cl)ccc3Sc3ccc(O)cc32)CC1. The third kappa shape index (κ3) is 3.16. The molecule has 0 saturated carbocycles. The number of halogens is 1. The second-order valence-corrected chi connectivity index (χ2v) is 8.16. The molecule has 126 valence electrons. The summed E-state index contributed by atoms with van der Waals surface area (Å²) in [6.07, 6.45) is 0.934. The van der Waals surface area contributed by atoms with E-state index in [0.717, 1.165) is 37.6 Å². The molecule has 0 aromatic heterocycles. The highest BCUT2D eigenvalue weighted by Crippen LogP contribution is 2.44. The first-order chi connectivity index (χ1) is 11.6. The first-order valence-electron chi connectivity index (χ1n) is 8.32. The Morgan fingerprint density at radius 3 is 2.58 bits per heavy atom. The Kier molecular flexibility index (Phi) is 4.48. The summed E-state index contributed by atoms with van der Waals surface area (Å²) in [4.78, 5) is 7.42. The Hall–Kier alpha value is -1.20. The van der Waals surface area contributed by atoms with Crippen LogP contribution in [0, 0.1) is 0 Å². The van der Waals surface area contributed by atoms with E-state index in [0.29, 0.717) is 5.75 Å². The average Bonchev–Trinajstić information content (AvgIpc) is 2.72. The molecule has 0 spiro atoms. The number of piperazine rings is 1. The lowest BCUT2D eigenvalue weighted by Crippen LogP contribution is -2.46. The van der Waals surface area contributed by atoms with Gasteiger partial charge in [0.05, 0.1) is 0 Å². The first-order valence-corrected chi connectivity index (χ1v) is 9.51. The van der Waals surface area contributed by atoms with Gasteiger partial charge in [0, 0.05) is 47.0 Å². The second-order valence-electron chi connectivity index (χ2n) is 6.64. The van der Waals surface area contributed by atoms with Gasteiger partial charge in [-0.05, 0) is 61.0 Å². The van der Waals surface area contributed by atoms with Crippen LogP contribution in [-0.2, 0) is 6.42 Å². The van der Waals surface area contributed by atoms with Crippen molar-refractivity contribution in [2.75, 3.05) is 33.2 Å². The number of likely N-dealkylation sites (N-methyl/N-ethyl adjacent to an activating group) is 1. The van der Waals surface area contributed by atoms with Crippen LogP contribution in [0.3, 0.4) is 0 Å². The van der Waals surface area contributed by atoms with Gasteiger partial charge >= 0.3 is 0 Å². The van der Waals surface area contributed by atoms with Crippen molar-refractivity contribution in [3.63, 3.8) is 0 Å². The highest BCUT2D eigenvalue weighted by atomic mass is 35.5. The van der Waals surface area contributed by atoms with Crippen LogP contribution in [0.25, 0.3) is 0 Å². The lowest BCUT2D eigenvalue weighted by atomic mass is 9.96. The van der Waals surface area contributed by atoms with E-state index in [1.807, 2.05) is 18.2 Å². The fourth-order valence-corrected chi connectivity index (χ4v) is 4.88. The molecule has 0 amide bonds. The second kappa shape index (κ2) is 6.60. The molecule has 2 aromatic rings. The third-order valence-corrected chi connectivity index (χ3v) is 6.43. The zero-order valence-corrected chi connectivity index (χ0v) is 15.3. The van der Waals surface area contributed by atoms with Crippen molar-refractivity contribution in [3.8, 4) is 5.75 Å². The molecule has 1 atom stereocenters. The number of rotatable bonds is 1. The summed E-state index contributed by atoms with van der Waals surface area (Å²) in [6, 6.07) is 12.2.